The summed E-state index contributed by atoms with van der Waals surface area (Å²) in [7, 11) is 3.35. The molecule has 4 rings (SSSR count). The standard InChI is InChI=1S/C24H22N2O2/c1-27-21-12-8-18(9-13-21)16-26-17-23(19-6-4-3-5-7-19)25-24(26)20-10-14-22(28-2)15-11-20/h3-15,17H,16H2,1-2H3. The Morgan fingerprint density at radius 3 is 1.93 bits per heavy atom. The molecule has 3 aromatic carbocycles. The maximum atomic E-state index is 5.29. The smallest absolute Gasteiger partial charge is 0.140 e. The highest BCUT2D eigenvalue weighted by molar-refractivity contribution is 5.65. The topological polar surface area (TPSA) is 36.3 Å². The molecule has 0 bridgehead atoms. The van der Waals surface area contributed by atoms with Gasteiger partial charge in [-0.1, -0.05) is 42.5 Å². The van der Waals surface area contributed by atoms with Gasteiger partial charge in [0.2, 0.25) is 0 Å². The fraction of sp³-hybridized carbons (Fsp3) is 0.125. The number of aromatic nitrogens is 2. The Balaban J connectivity index is 1.74. The minimum absolute atomic E-state index is 0.727. The van der Waals surface area contributed by atoms with Crippen LogP contribution in [0.1, 0.15) is 5.56 Å². The Labute approximate surface area is 165 Å². The van der Waals surface area contributed by atoms with Crippen LogP contribution in [0.3, 0.4) is 0 Å². The van der Waals surface area contributed by atoms with Crippen molar-refractivity contribution in [2.24, 2.45) is 0 Å². The number of nitrogens with zero attached hydrogens (tertiary/aromatic N) is 2. The van der Waals surface area contributed by atoms with Crippen LogP contribution in [0.4, 0.5) is 0 Å². The monoisotopic (exact) mass is 370 g/mol. The van der Waals surface area contributed by atoms with Gasteiger partial charge in [0.05, 0.1) is 19.9 Å². The molecule has 0 spiro atoms. The number of ether oxygens (including phenoxy) is 2. The zero-order valence-corrected chi connectivity index (χ0v) is 16.0. The second-order valence-corrected chi connectivity index (χ2v) is 6.52. The summed E-state index contributed by atoms with van der Waals surface area (Å²) in [5.41, 5.74) is 4.30. The first kappa shape index (κ1) is 17.9. The van der Waals surface area contributed by atoms with Crippen LogP contribution in [0, 0.1) is 0 Å². The number of imidazole rings is 1. The van der Waals surface area contributed by atoms with Gasteiger partial charge in [0, 0.05) is 23.9 Å². The van der Waals surface area contributed by atoms with Crippen molar-refractivity contribution in [3.63, 3.8) is 0 Å². The Bertz CT molecular complexity index is 1040. The average Bonchev–Trinajstić information content (AvgIpc) is 3.19. The third-order valence-electron chi connectivity index (χ3n) is 4.71. The number of methoxy groups -OCH3 is 2. The van der Waals surface area contributed by atoms with E-state index in [0.29, 0.717) is 0 Å². The first-order valence-corrected chi connectivity index (χ1v) is 9.17. The second kappa shape index (κ2) is 8.01. The molecule has 4 aromatic rings. The molecule has 0 radical (unpaired) electrons. The van der Waals surface area contributed by atoms with E-state index in [1.807, 2.05) is 54.6 Å². The molecule has 0 atom stereocenters. The van der Waals surface area contributed by atoms with E-state index < -0.39 is 0 Å². The van der Waals surface area contributed by atoms with E-state index in [-0.39, 0.29) is 0 Å². The van der Waals surface area contributed by atoms with Gasteiger partial charge >= 0.3 is 0 Å². The van der Waals surface area contributed by atoms with Crippen LogP contribution in [0.25, 0.3) is 22.6 Å². The van der Waals surface area contributed by atoms with Crippen LogP contribution >= 0.6 is 0 Å². The molecular formula is C24H22N2O2. The molecule has 0 aliphatic heterocycles. The molecule has 4 nitrogen and oxygen atoms in total. The van der Waals surface area contributed by atoms with Gasteiger partial charge in [0.15, 0.2) is 0 Å². The Hall–Kier alpha value is -3.53. The van der Waals surface area contributed by atoms with Crippen molar-refractivity contribution in [1.82, 2.24) is 9.55 Å². The molecule has 0 N–H and O–H groups in total. The number of rotatable bonds is 6. The Morgan fingerprint density at radius 2 is 1.32 bits per heavy atom. The van der Waals surface area contributed by atoms with Gasteiger partial charge in [0.25, 0.3) is 0 Å². The highest BCUT2D eigenvalue weighted by Crippen LogP contribution is 2.27. The molecule has 140 valence electrons. The van der Waals surface area contributed by atoms with Crippen molar-refractivity contribution in [3.05, 3.63) is 90.6 Å². The normalized spacial score (nSPS) is 10.6. The first-order valence-electron chi connectivity index (χ1n) is 9.17. The molecule has 4 heteroatoms. The van der Waals surface area contributed by atoms with Gasteiger partial charge in [-0.2, -0.15) is 0 Å². The lowest BCUT2D eigenvalue weighted by molar-refractivity contribution is 0.414. The van der Waals surface area contributed by atoms with Crippen molar-refractivity contribution >= 4 is 0 Å². The van der Waals surface area contributed by atoms with E-state index in [4.69, 9.17) is 14.5 Å². The Kier molecular flexibility index (Phi) is 5.11. The molecule has 0 amide bonds. The van der Waals surface area contributed by atoms with Crippen molar-refractivity contribution in [3.8, 4) is 34.1 Å². The minimum atomic E-state index is 0.727. The molecule has 0 aliphatic rings. The molecule has 0 saturated heterocycles. The van der Waals surface area contributed by atoms with Crippen LogP contribution in [0.5, 0.6) is 11.5 Å². The Morgan fingerprint density at radius 1 is 0.714 bits per heavy atom. The lowest BCUT2D eigenvalue weighted by atomic mass is 10.2. The second-order valence-electron chi connectivity index (χ2n) is 6.52. The summed E-state index contributed by atoms with van der Waals surface area (Å²) in [6, 6.07) is 26.4. The highest BCUT2D eigenvalue weighted by Gasteiger charge is 2.12. The van der Waals surface area contributed by atoms with E-state index in [2.05, 4.69) is 35.0 Å². The van der Waals surface area contributed by atoms with Crippen molar-refractivity contribution in [2.75, 3.05) is 14.2 Å². The molecule has 1 aromatic heterocycles. The van der Waals surface area contributed by atoms with Gasteiger partial charge in [-0.05, 0) is 42.0 Å². The van der Waals surface area contributed by atoms with E-state index in [9.17, 15) is 0 Å². The van der Waals surface area contributed by atoms with E-state index in [1.165, 1.54) is 5.56 Å². The van der Waals surface area contributed by atoms with Gasteiger partial charge in [-0.3, -0.25) is 0 Å². The van der Waals surface area contributed by atoms with Gasteiger partial charge in [0.1, 0.15) is 17.3 Å². The highest BCUT2D eigenvalue weighted by atomic mass is 16.5. The van der Waals surface area contributed by atoms with Gasteiger partial charge in [-0.25, -0.2) is 4.98 Å². The van der Waals surface area contributed by atoms with Crippen molar-refractivity contribution in [2.45, 2.75) is 6.54 Å². The van der Waals surface area contributed by atoms with Gasteiger partial charge in [-0.15, -0.1) is 0 Å². The van der Waals surface area contributed by atoms with E-state index in [0.717, 1.165) is 40.7 Å². The molecule has 1 heterocycles. The molecule has 0 saturated carbocycles. The largest absolute Gasteiger partial charge is 0.497 e. The quantitative estimate of drug-likeness (QED) is 0.463. The summed E-state index contributed by atoms with van der Waals surface area (Å²) < 4.78 is 12.7. The molecule has 28 heavy (non-hydrogen) atoms. The predicted molar refractivity (Wildman–Crippen MR) is 112 cm³/mol. The molecule has 0 fully saturated rings. The summed E-state index contributed by atoms with van der Waals surface area (Å²) in [6.45, 7) is 0.727. The summed E-state index contributed by atoms with van der Waals surface area (Å²) >= 11 is 0. The van der Waals surface area contributed by atoms with Crippen LogP contribution in [0.15, 0.2) is 85.1 Å². The number of hydrogen-bond donors (Lipinski definition) is 0. The zero-order valence-electron chi connectivity index (χ0n) is 16.0. The zero-order chi connectivity index (χ0) is 19.3. The third-order valence-corrected chi connectivity index (χ3v) is 4.71. The lowest BCUT2D eigenvalue weighted by Gasteiger charge is -2.09. The molecule has 0 unspecified atom stereocenters. The minimum Gasteiger partial charge on any atom is -0.497 e. The number of benzene rings is 3. The molecular weight excluding hydrogens is 348 g/mol. The predicted octanol–water partition coefficient (Wildman–Crippen LogP) is 5.28. The summed E-state index contributed by atoms with van der Waals surface area (Å²) in [5.74, 6) is 2.62. The van der Waals surface area contributed by atoms with Crippen molar-refractivity contribution in [1.29, 1.82) is 0 Å². The number of hydrogen-bond acceptors (Lipinski definition) is 3. The van der Waals surface area contributed by atoms with E-state index >= 15 is 0 Å². The SMILES string of the molecule is COc1ccc(Cn2cc(-c3ccccc3)nc2-c2ccc(OC)cc2)cc1. The van der Waals surface area contributed by atoms with E-state index in [1.54, 1.807) is 14.2 Å². The maximum absolute atomic E-state index is 5.29. The van der Waals surface area contributed by atoms with Crippen LogP contribution in [-0.4, -0.2) is 23.8 Å². The molecule has 0 aliphatic carbocycles. The fourth-order valence-electron chi connectivity index (χ4n) is 3.18. The first-order chi connectivity index (χ1) is 13.8. The maximum Gasteiger partial charge on any atom is 0.140 e. The van der Waals surface area contributed by atoms with Crippen LogP contribution in [-0.2, 0) is 6.54 Å². The average molecular weight is 370 g/mol. The third kappa shape index (κ3) is 3.76. The summed E-state index contributed by atoms with van der Waals surface area (Å²) in [6.07, 6.45) is 2.11. The summed E-state index contributed by atoms with van der Waals surface area (Å²) in [5, 5.41) is 0. The van der Waals surface area contributed by atoms with Gasteiger partial charge < -0.3 is 14.0 Å². The van der Waals surface area contributed by atoms with Crippen molar-refractivity contribution < 1.29 is 9.47 Å². The summed E-state index contributed by atoms with van der Waals surface area (Å²) in [4.78, 5) is 4.93. The fourth-order valence-corrected chi connectivity index (χ4v) is 3.18. The van der Waals surface area contributed by atoms with Crippen LogP contribution in [0.2, 0.25) is 0 Å². The lowest BCUT2D eigenvalue weighted by Crippen LogP contribution is -2.01. The van der Waals surface area contributed by atoms with Crippen LogP contribution < -0.4 is 9.47 Å².